The number of hydrogen-bond donors (Lipinski definition) is 1. The van der Waals surface area contributed by atoms with E-state index in [-0.39, 0.29) is 5.56 Å². The summed E-state index contributed by atoms with van der Waals surface area (Å²) in [6, 6.07) is 12.6. The number of benzene rings is 1. The summed E-state index contributed by atoms with van der Waals surface area (Å²) in [5.41, 5.74) is 1.86. The van der Waals surface area contributed by atoms with Crippen LogP contribution in [-0.2, 0) is 0 Å². The molecule has 0 radical (unpaired) electrons. The summed E-state index contributed by atoms with van der Waals surface area (Å²) in [6.07, 6.45) is 1.57. The van der Waals surface area contributed by atoms with Gasteiger partial charge in [0.05, 0.1) is 0 Å². The van der Waals surface area contributed by atoms with Crippen molar-refractivity contribution in [3.05, 3.63) is 54.2 Å². The number of aromatic nitrogens is 3. The van der Waals surface area contributed by atoms with Crippen LogP contribution >= 0.6 is 0 Å². The van der Waals surface area contributed by atoms with Crippen molar-refractivity contribution in [1.82, 2.24) is 14.8 Å². The van der Waals surface area contributed by atoms with Crippen LogP contribution < -0.4 is 0 Å². The molecule has 5 nitrogen and oxygen atoms in total. The van der Waals surface area contributed by atoms with Crippen molar-refractivity contribution in [3.8, 4) is 11.3 Å². The minimum Gasteiger partial charge on any atom is -0.478 e. The smallest absolute Gasteiger partial charge is 0.340 e. The van der Waals surface area contributed by atoms with Crippen molar-refractivity contribution in [2.75, 3.05) is 0 Å². The molecular formula is C13H9N3O2. The van der Waals surface area contributed by atoms with Gasteiger partial charge in [-0.25, -0.2) is 4.79 Å². The lowest BCUT2D eigenvalue weighted by Crippen LogP contribution is -1.98. The lowest BCUT2D eigenvalue weighted by molar-refractivity contribution is 0.0700. The monoisotopic (exact) mass is 239 g/mol. The van der Waals surface area contributed by atoms with Crippen LogP contribution in [0.2, 0.25) is 0 Å². The fraction of sp³-hybridized carbons (Fsp3) is 0. The molecule has 3 rings (SSSR count). The largest absolute Gasteiger partial charge is 0.478 e. The average molecular weight is 239 g/mol. The summed E-state index contributed by atoms with van der Waals surface area (Å²) in [4.78, 5) is 11.4. The lowest BCUT2D eigenvalue weighted by atomic mass is 10.1. The van der Waals surface area contributed by atoms with E-state index in [1.165, 1.54) is 4.63 Å². The van der Waals surface area contributed by atoms with Crippen molar-refractivity contribution in [1.29, 1.82) is 0 Å². The number of hydrogen-bond acceptors (Lipinski definition) is 3. The number of carbonyl (C=O) groups is 1. The Morgan fingerprint density at radius 1 is 1.11 bits per heavy atom. The molecule has 5 heteroatoms. The van der Waals surface area contributed by atoms with Crippen molar-refractivity contribution in [2.24, 2.45) is 0 Å². The fourth-order valence-corrected chi connectivity index (χ4v) is 1.90. The first-order chi connectivity index (χ1) is 8.77. The minimum atomic E-state index is -1.00. The van der Waals surface area contributed by atoms with Gasteiger partial charge in [0, 0.05) is 11.8 Å². The van der Waals surface area contributed by atoms with E-state index in [2.05, 4.69) is 10.2 Å². The number of aromatic carboxylic acids is 1. The normalized spacial score (nSPS) is 10.7. The first-order valence-electron chi connectivity index (χ1n) is 5.40. The van der Waals surface area contributed by atoms with Gasteiger partial charge in [-0.3, -0.25) is 0 Å². The van der Waals surface area contributed by atoms with Crippen molar-refractivity contribution < 1.29 is 9.90 Å². The summed E-state index contributed by atoms with van der Waals surface area (Å²) < 4.78 is 1.34. The molecule has 2 heterocycles. The van der Waals surface area contributed by atoms with E-state index < -0.39 is 5.97 Å². The molecule has 3 aromatic rings. The molecule has 0 bridgehead atoms. The zero-order valence-corrected chi connectivity index (χ0v) is 9.32. The highest BCUT2D eigenvalue weighted by Crippen LogP contribution is 2.25. The molecule has 0 fully saturated rings. The summed E-state index contributed by atoms with van der Waals surface area (Å²) in [5, 5.41) is 17.6. The van der Waals surface area contributed by atoms with Gasteiger partial charge in [0.25, 0.3) is 0 Å². The third-order valence-corrected chi connectivity index (χ3v) is 2.68. The van der Waals surface area contributed by atoms with Crippen molar-refractivity contribution in [3.63, 3.8) is 0 Å². The third-order valence-electron chi connectivity index (χ3n) is 2.68. The Labute approximate surface area is 102 Å². The molecule has 0 aliphatic carbocycles. The Morgan fingerprint density at radius 3 is 2.61 bits per heavy atom. The summed E-state index contributed by atoms with van der Waals surface area (Å²) in [6.45, 7) is 0. The van der Waals surface area contributed by atoms with E-state index in [4.69, 9.17) is 0 Å². The van der Waals surface area contributed by atoms with E-state index >= 15 is 0 Å². The van der Waals surface area contributed by atoms with Gasteiger partial charge >= 0.3 is 5.97 Å². The highest BCUT2D eigenvalue weighted by atomic mass is 16.4. The van der Waals surface area contributed by atoms with Crippen LogP contribution in [0.1, 0.15) is 10.4 Å². The number of fused-ring (bicyclic) bond motifs is 1. The van der Waals surface area contributed by atoms with Crippen LogP contribution in [0.15, 0.2) is 48.7 Å². The van der Waals surface area contributed by atoms with Gasteiger partial charge in [-0.2, -0.15) is 9.73 Å². The molecule has 0 unspecified atom stereocenters. The molecular weight excluding hydrogens is 230 g/mol. The number of rotatable bonds is 2. The second-order valence-electron chi connectivity index (χ2n) is 3.79. The highest BCUT2D eigenvalue weighted by Gasteiger charge is 2.20. The molecule has 0 amide bonds. The molecule has 0 spiro atoms. The number of carboxylic acid groups (broad SMARTS) is 1. The van der Waals surface area contributed by atoms with Gasteiger partial charge in [0.1, 0.15) is 16.8 Å². The lowest BCUT2D eigenvalue weighted by Gasteiger charge is -1.97. The average Bonchev–Trinajstić information content (AvgIpc) is 2.79. The Bertz CT molecular complexity index is 719. The van der Waals surface area contributed by atoms with Gasteiger partial charge in [0.2, 0.25) is 0 Å². The first-order valence-corrected chi connectivity index (χ1v) is 5.40. The van der Waals surface area contributed by atoms with Gasteiger partial charge < -0.3 is 5.11 Å². The Morgan fingerprint density at radius 2 is 1.89 bits per heavy atom. The van der Waals surface area contributed by atoms with Crippen LogP contribution in [0, 0.1) is 0 Å². The maximum atomic E-state index is 11.4. The van der Waals surface area contributed by atoms with Gasteiger partial charge in [-0.05, 0) is 12.1 Å². The van der Waals surface area contributed by atoms with Crippen molar-refractivity contribution in [2.45, 2.75) is 0 Å². The SMILES string of the molecule is O=C(O)c1c(-c2ccccc2)nn2ncccc12. The van der Waals surface area contributed by atoms with Crippen LogP contribution in [0.4, 0.5) is 0 Å². The second kappa shape index (κ2) is 3.96. The maximum Gasteiger partial charge on any atom is 0.340 e. The van der Waals surface area contributed by atoms with E-state index in [1.54, 1.807) is 18.3 Å². The highest BCUT2D eigenvalue weighted by molar-refractivity contribution is 6.02. The summed E-state index contributed by atoms with van der Waals surface area (Å²) in [7, 11) is 0. The first kappa shape index (κ1) is 10.5. The Hall–Kier alpha value is -2.69. The zero-order valence-electron chi connectivity index (χ0n) is 9.32. The van der Waals surface area contributed by atoms with E-state index in [0.29, 0.717) is 11.2 Å². The topological polar surface area (TPSA) is 67.5 Å². The van der Waals surface area contributed by atoms with Gasteiger partial charge in [0.15, 0.2) is 0 Å². The quantitative estimate of drug-likeness (QED) is 0.743. The molecule has 0 aliphatic rings. The number of nitrogens with zero attached hydrogens (tertiary/aromatic N) is 3. The molecule has 2 aromatic heterocycles. The van der Waals surface area contributed by atoms with E-state index in [1.807, 2.05) is 30.3 Å². The molecule has 1 N–H and O–H groups in total. The van der Waals surface area contributed by atoms with Crippen LogP contribution in [0.3, 0.4) is 0 Å². The molecule has 18 heavy (non-hydrogen) atoms. The van der Waals surface area contributed by atoms with Gasteiger partial charge in [-0.15, -0.1) is 5.10 Å². The van der Waals surface area contributed by atoms with Crippen LogP contribution in [0.5, 0.6) is 0 Å². The van der Waals surface area contributed by atoms with E-state index in [9.17, 15) is 9.90 Å². The van der Waals surface area contributed by atoms with Crippen LogP contribution in [0.25, 0.3) is 16.8 Å². The molecule has 0 saturated heterocycles. The number of carboxylic acids is 1. The summed E-state index contributed by atoms with van der Waals surface area (Å²) >= 11 is 0. The van der Waals surface area contributed by atoms with E-state index in [0.717, 1.165) is 5.56 Å². The molecule has 88 valence electrons. The predicted octanol–water partition coefficient (Wildman–Crippen LogP) is 2.09. The molecule has 1 aromatic carbocycles. The fourth-order valence-electron chi connectivity index (χ4n) is 1.90. The van der Waals surface area contributed by atoms with Crippen molar-refractivity contribution >= 4 is 11.5 Å². The maximum absolute atomic E-state index is 11.4. The summed E-state index contributed by atoms with van der Waals surface area (Å²) in [5.74, 6) is -1.00. The molecule has 0 saturated carbocycles. The Balaban J connectivity index is 2.36. The minimum absolute atomic E-state index is 0.175. The van der Waals surface area contributed by atoms with Crippen LogP contribution in [-0.4, -0.2) is 25.9 Å². The van der Waals surface area contributed by atoms with Gasteiger partial charge in [-0.1, -0.05) is 30.3 Å². The molecule has 0 aliphatic heterocycles. The Kier molecular flexibility index (Phi) is 2.30. The third kappa shape index (κ3) is 1.53. The standard InChI is InChI=1S/C13H9N3O2/c17-13(18)11-10-7-4-8-14-16(10)15-12(11)9-5-2-1-3-6-9/h1-8H,(H,17,18). The molecule has 0 atom stereocenters. The predicted molar refractivity (Wildman–Crippen MR) is 65.4 cm³/mol. The zero-order chi connectivity index (χ0) is 12.5. The second-order valence-corrected chi connectivity index (χ2v) is 3.79.